The Hall–Kier alpha value is -0.653. The van der Waals surface area contributed by atoms with Crippen LogP contribution in [0.2, 0.25) is 12.6 Å². The molecular weight excluding hydrogens is 332 g/mol. The molecule has 0 aromatic rings. The molecular formula is C20H40O4Si. The molecule has 0 saturated heterocycles. The Balaban J connectivity index is 3.41. The van der Waals surface area contributed by atoms with Gasteiger partial charge in [-0.1, -0.05) is 57.9 Å². The summed E-state index contributed by atoms with van der Waals surface area (Å²) in [5.41, 5.74) is 0.477. The number of unbranched alkanes of at least 4 members (excludes halogenated alkanes) is 8. The second-order valence-electron chi connectivity index (χ2n) is 6.85. The van der Waals surface area contributed by atoms with Gasteiger partial charge in [-0.15, -0.1) is 0 Å². The Kier molecular flexibility index (Phi) is 15.2. The highest BCUT2D eigenvalue weighted by atomic mass is 28.4. The lowest BCUT2D eigenvalue weighted by Crippen LogP contribution is -2.38. The normalized spacial score (nSPS) is 11.5. The van der Waals surface area contributed by atoms with Gasteiger partial charge in [-0.25, -0.2) is 4.79 Å². The van der Waals surface area contributed by atoms with Gasteiger partial charge < -0.3 is 13.6 Å². The number of hydrogen-bond donors (Lipinski definition) is 0. The van der Waals surface area contributed by atoms with Crippen molar-refractivity contribution < 1.29 is 18.4 Å². The van der Waals surface area contributed by atoms with Crippen molar-refractivity contribution in [2.45, 2.75) is 91.1 Å². The number of ether oxygens (including phenoxy) is 1. The lowest BCUT2D eigenvalue weighted by molar-refractivity contribution is -0.139. The molecule has 0 fully saturated rings. The summed E-state index contributed by atoms with van der Waals surface area (Å²) < 4.78 is 16.8. The molecule has 0 aliphatic heterocycles. The van der Waals surface area contributed by atoms with Crippen molar-refractivity contribution in [2.75, 3.05) is 19.8 Å². The van der Waals surface area contributed by atoms with E-state index in [0.29, 0.717) is 12.2 Å². The summed E-state index contributed by atoms with van der Waals surface area (Å²) in [4.78, 5) is 11.2. The zero-order valence-corrected chi connectivity index (χ0v) is 18.0. The maximum atomic E-state index is 11.2. The highest BCUT2D eigenvalue weighted by Crippen LogP contribution is 2.19. The molecule has 0 aliphatic carbocycles. The highest BCUT2D eigenvalue weighted by molar-refractivity contribution is 6.66. The van der Waals surface area contributed by atoms with Crippen molar-refractivity contribution in [2.24, 2.45) is 0 Å². The van der Waals surface area contributed by atoms with Crippen LogP contribution in [0.15, 0.2) is 12.2 Å². The predicted octanol–water partition coefficient (Wildman–Crippen LogP) is 5.76. The summed E-state index contributed by atoms with van der Waals surface area (Å²) in [5, 5.41) is 0. The number of carbonyl (C=O) groups excluding carboxylic acids is 1. The molecule has 0 spiro atoms. The van der Waals surface area contributed by atoms with Crippen molar-refractivity contribution in [1.82, 2.24) is 0 Å². The first kappa shape index (κ1) is 24.3. The molecule has 148 valence electrons. The van der Waals surface area contributed by atoms with Gasteiger partial charge in [-0.05, 0) is 39.8 Å². The van der Waals surface area contributed by atoms with E-state index < -0.39 is 8.56 Å². The van der Waals surface area contributed by atoms with E-state index in [2.05, 4.69) is 27.0 Å². The van der Waals surface area contributed by atoms with Crippen LogP contribution in [0.5, 0.6) is 0 Å². The molecule has 0 radical (unpaired) electrons. The third kappa shape index (κ3) is 14.2. The first-order valence-electron chi connectivity index (χ1n) is 10.1. The van der Waals surface area contributed by atoms with Crippen molar-refractivity contribution in [3.63, 3.8) is 0 Å². The second-order valence-corrected chi connectivity index (χ2v) is 10.2. The lowest BCUT2D eigenvalue weighted by atomic mass is 10.1. The zero-order chi connectivity index (χ0) is 19.0. The van der Waals surface area contributed by atoms with Crippen LogP contribution >= 0.6 is 0 Å². The van der Waals surface area contributed by atoms with Gasteiger partial charge in [0.15, 0.2) is 0 Å². The standard InChI is InChI=1S/C20H40O4Si/c1-6-23-25(5,24-7-2)18-16-14-12-10-8-9-11-13-15-17-22-20(21)19(3)4/h3,6-18H2,1-2,4-5H3. The molecule has 0 aliphatic rings. The topological polar surface area (TPSA) is 44.8 Å². The largest absolute Gasteiger partial charge is 0.462 e. The van der Waals surface area contributed by atoms with Crippen LogP contribution in [0, 0.1) is 0 Å². The fourth-order valence-corrected chi connectivity index (χ4v) is 5.36. The second kappa shape index (κ2) is 15.6. The SMILES string of the molecule is C=C(C)C(=O)OCCCCCCCCCCC[Si](C)(OCC)OCC. The Morgan fingerprint density at radius 1 is 0.840 bits per heavy atom. The third-order valence-corrected chi connectivity index (χ3v) is 7.32. The van der Waals surface area contributed by atoms with Crippen molar-refractivity contribution in [3.05, 3.63) is 12.2 Å². The molecule has 25 heavy (non-hydrogen) atoms. The summed E-state index contributed by atoms with van der Waals surface area (Å²) in [7, 11) is -1.90. The highest BCUT2D eigenvalue weighted by Gasteiger charge is 2.29. The molecule has 0 saturated carbocycles. The van der Waals surface area contributed by atoms with E-state index >= 15 is 0 Å². The molecule has 5 heteroatoms. The Labute approximate surface area is 156 Å². The minimum Gasteiger partial charge on any atom is -0.462 e. The van der Waals surface area contributed by atoms with Gasteiger partial charge >= 0.3 is 14.5 Å². The molecule has 0 atom stereocenters. The van der Waals surface area contributed by atoms with Crippen LogP contribution in [-0.4, -0.2) is 34.4 Å². The van der Waals surface area contributed by atoms with Crippen LogP contribution in [-0.2, 0) is 18.4 Å². The fraction of sp³-hybridized carbons (Fsp3) is 0.850. The Morgan fingerprint density at radius 2 is 1.28 bits per heavy atom. The average Bonchev–Trinajstić information content (AvgIpc) is 2.56. The van der Waals surface area contributed by atoms with E-state index in [-0.39, 0.29) is 5.97 Å². The molecule has 0 rings (SSSR count). The molecule has 0 heterocycles. The molecule has 4 nitrogen and oxygen atoms in total. The quantitative estimate of drug-likeness (QED) is 0.141. The number of carbonyl (C=O) groups is 1. The van der Waals surface area contributed by atoms with Crippen molar-refractivity contribution in [3.8, 4) is 0 Å². The monoisotopic (exact) mass is 372 g/mol. The smallest absolute Gasteiger partial charge is 0.334 e. The van der Waals surface area contributed by atoms with E-state index in [1.165, 1.54) is 44.9 Å². The summed E-state index contributed by atoms with van der Waals surface area (Å²) >= 11 is 0. The fourth-order valence-electron chi connectivity index (χ4n) is 2.87. The number of hydrogen-bond acceptors (Lipinski definition) is 4. The van der Waals surface area contributed by atoms with E-state index in [4.69, 9.17) is 13.6 Å². The van der Waals surface area contributed by atoms with E-state index in [0.717, 1.165) is 32.1 Å². The van der Waals surface area contributed by atoms with E-state index in [9.17, 15) is 4.79 Å². The minimum atomic E-state index is -1.90. The first-order chi connectivity index (χ1) is 11.9. The maximum absolute atomic E-state index is 11.2. The Bertz CT molecular complexity index is 352. The van der Waals surface area contributed by atoms with Crippen molar-refractivity contribution >= 4 is 14.5 Å². The van der Waals surface area contributed by atoms with Gasteiger partial charge in [0.2, 0.25) is 0 Å². The number of rotatable bonds is 17. The molecule has 0 aromatic carbocycles. The van der Waals surface area contributed by atoms with E-state index in [1.807, 2.05) is 0 Å². The third-order valence-electron chi connectivity index (χ3n) is 4.26. The van der Waals surface area contributed by atoms with Gasteiger partial charge in [0.25, 0.3) is 0 Å². The summed E-state index contributed by atoms with van der Waals surface area (Å²) in [6, 6.07) is 1.11. The molecule has 0 amide bonds. The van der Waals surface area contributed by atoms with Crippen molar-refractivity contribution in [1.29, 1.82) is 0 Å². The van der Waals surface area contributed by atoms with Crippen LogP contribution in [0.1, 0.15) is 78.6 Å². The summed E-state index contributed by atoms with van der Waals surface area (Å²) in [6.07, 6.45) is 11.0. The van der Waals surface area contributed by atoms with Gasteiger partial charge in [0.1, 0.15) is 0 Å². The van der Waals surface area contributed by atoms with Gasteiger partial charge in [0, 0.05) is 18.8 Å². The average molecular weight is 373 g/mol. The van der Waals surface area contributed by atoms with Gasteiger partial charge in [0.05, 0.1) is 6.61 Å². The van der Waals surface area contributed by atoms with Crippen LogP contribution in [0.25, 0.3) is 0 Å². The maximum Gasteiger partial charge on any atom is 0.334 e. The predicted molar refractivity (Wildman–Crippen MR) is 107 cm³/mol. The Morgan fingerprint density at radius 3 is 1.72 bits per heavy atom. The molecule has 0 aromatic heterocycles. The summed E-state index contributed by atoms with van der Waals surface area (Å²) in [6.45, 7) is 13.6. The van der Waals surface area contributed by atoms with Gasteiger partial charge in [-0.3, -0.25) is 0 Å². The van der Waals surface area contributed by atoms with Gasteiger partial charge in [-0.2, -0.15) is 0 Å². The number of esters is 1. The first-order valence-corrected chi connectivity index (χ1v) is 12.6. The van der Waals surface area contributed by atoms with Crippen LogP contribution in [0.3, 0.4) is 0 Å². The van der Waals surface area contributed by atoms with Crippen LogP contribution in [0.4, 0.5) is 0 Å². The molecule has 0 bridgehead atoms. The van der Waals surface area contributed by atoms with Crippen LogP contribution < -0.4 is 0 Å². The minimum absolute atomic E-state index is 0.271. The molecule has 0 N–H and O–H groups in total. The zero-order valence-electron chi connectivity index (χ0n) is 17.0. The molecule has 0 unspecified atom stereocenters. The van der Waals surface area contributed by atoms with E-state index in [1.54, 1.807) is 6.92 Å². The lowest BCUT2D eigenvalue weighted by Gasteiger charge is -2.25. The summed E-state index contributed by atoms with van der Waals surface area (Å²) in [5.74, 6) is -0.271.